The van der Waals surface area contributed by atoms with E-state index in [-0.39, 0.29) is 59.2 Å². The minimum absolute atomic E-state index is 0.0192. The van der Waals surface area contributed by atoms with Crippen molar-refractivity contribution in [3.05, 3.63) is 33.8 Å². The third kappa shape index (κ3) is 1.77. The van der Waals surface area contributed by atoms with Gasteiger partial charge in [-0.05, 0) is 32.8 Å². The molecule has 3 aliphatic carbocycles. The lowest BCUT2D eigenvalue weighted by Crippen LogP contribution is -2.49. The summed E-state index contributed by atoms with van der Waals surface area (Å²) in [5, 5.41) is 10.7. The van der Waals surface area contributed by atoms with Crippen LogP contribution in [-0.2, 0) is 23.9 Å². The minimum atomic E-state index is -1.09. The Morgan fingerprint density at radius 3 is 2.35 bits per heavy atom. The molecule has 0 radical (unpaired) electrons. The summed E-state index contributed by atoms with van der Waals surface area (Å²) < 4.78 is 5.58. The second-order valence-electron chi connectivity index (χ2n) is 8.28. The van der Waals surface area contributed by atoms with Crippen molar-refractivity contribution in [3.8, 4) is 0 Å². The molecule has 1 N–H and O–H groups in total. The average Bonchev–Trinajstić information content (AvgIpc) is 2.95. The molecule has 0 aromatic rings. The molecule has 1 fully saturated rings. The van der Waals surface area contributed by atoms with Crippen LogP contribution in [-0.4, -0.2) is 34.3 Å². The molecule has 0 spiro atoms. The average molecular weight is 356 g/mol. The van der Waals surface area contributed by atoms with Crippen molar-refractivity contribution in [2.45, 2.75) is 53.1 Å². The topological polar surface area (TPSA) is 97.7 Å². The molecule has 4 aliphatic rings. The fraction of sp³-hybridized carbons (Fsp3) is 0.500. The van der Waals surface area contributed by atoms with Crippen LogP contribution in [0.1, 0.15) is 47.0 Å². The summed E-state index contributed by atoms with van der Waals surface area (Å²) in [6, 6.07) is 0. The monoisotopic (exact) mass is 356 g/mol. The first-order valence-electron chi connectivity index (χ1n) is 8.78. The largest absolute Gasteiger partial charge is 0.504 e. The molecule has 0 saturated heterocycles. The third-order valence-corrected chi connectivity index (χ3v) is 6.23. The summed E-state index contributed by atoms with van der Waals surface area (Å²) in [5.41, 5.74) is -1.87. The van der Waals surface area contributed by atoms with Crippen LogP contribution in [0.5, 0.6) is 0 Å². The maximum atomic E-state index is 13.2. The first-order chi connectivity index (χ1) is 12.0. The van der Waals surface area contributed by atoms with Crippen LogP contribution in [0, 0.1) is 10.8 Å². The van der Waals surface area contributed by atoms with Gasteiger partial charge in [-0.3, -0.25) is 19.2 Å². The van der Waals surface area contributed by atoms with Gasteiger partial charge in [0.15, 0.2) is 17.3 Å². The van der Waals surface area contributed by atoms with Crippen LogP contribution in [0.15, 0.2) is 33.8 Å². The normalized spacial score (nSPS) is 33.3. The summed E-state index contributed by atoms with van der Waals surface area (Å²) in [6.45, 7) is 6.77. The Kier molecular flexibility index (Phi) is 3.13. The zero-order valence-electron chi connectivity index (χ0n) is 15.2. The van der Waals surface area contributed by atoms with Gasteiger partial charge < -0.3 is 9.84 Å². The van der Waals surface area contributed by atoms with Crippen LogP contribution in [0.2, 0.25) is 0 Å². The first kappa shape index (κ1) is 16.9. The fourth-order valence-corrected chi connectivity index (χ4v) is 4.98. The Balaban J connectivity index is 1.98. The van der Waals surface area contributed by atoms with E-state index in [9.17, 15) is 24.3 Å². The lowest BCUT2D eigenvalue weighted by atomic mass is 9.52. The summed E-state index contributed by atoms with van der Waals surface area (Å²) in [7, 11) is 0. The fourth-order valence-electron chi connectivity index (χ4n) is 4.98. The predicted octanol–water partition coefficient (Wildman–Crippen LogP) is 2.29. The van der Waals surface area contributed by atoms with E-state index in [4.69, 9.17) is 4.74 Å². The van der Waals surface area contributed by atoms with Crippen LogP contribution in [0.4, 0.5) is 0 Å². The summed E-state index contributed by atoms with van der Waals surface area (Å²) in [5.74, 6) is -2.52. The lowest BCUT2D eigenvalue weighted by Gasteiger charge is -2.48. The van der Waals surface area contributed by atoms with Crippen LogP contribution in [0.25, 0.3) is 0 Å². The molecule has 136 valence electrons. The highest BCUT2D eigenvalue weighted by Gasteiger charge is 2.59. The van der Waals surface area contributed by atoms with E-state index in [0.29, 0.717) is 0 Å². The molecule has 2 atom stereocenters. The Morgan fingerprint density at radius 2 is 1.69 bits per heavy atom. The number of hydrogen-bond acceptors (Lipinski definition) is 6. The van der Waals surface area contributed by atoms with E-state index in [1.165, 1.54) is 0 Å². The zero-order chi connectivity index (χ0) is 19.2. The van der Waals surface area contributed by atoms with Crippen molar-refractivity contribution >= 4 is 23.1 Å². The van der Waals surface area contributed by atoms with Gasteiger partial charge in [0.1, 0.15) is 11.9 Å². The van der Waals surface area contributed by atoms with Gasteiger partial charge in [0, 0.05) is 29.2 Å². The zero-order valence-corrected chi connectivity index (χ0v) is 15.2. The van der Waals surface area contributed by atoms with E-state index in [2.05, 4.69) is 0 Å². The van der Waals surface area contributed by atoms with E-state index < -0.39 is 33.9 Å². The Morgan fingerprint density at radius 1 is 1.04 bits per heavy atom. The number of ketones is 4. The van der Waals surface area contributed by atoms with Gasteiger partial charge >= 0.3 is 0 Å². The molecule has 4 rings (SSSR count). The van der Waals surface area contributed by atoms with Crippen molar-refractivity contribution in [1.29, 1.82) is 0 Å². The highest BCUT2D eigenvalue weighted by Crippen LogP contribution is 2.58. The van der Waals surface area contributed by atoms with Crippen molar-refractivity contribution in [1.82, 2.24) is 0 Å². The quantitative estimate of drug-likeness (QED) is 0.528. The number of allylic oxidation sites excluding steroid dienone is 3. The third-order valence-electron chi connectivity index (χ3n) is 6.23. The number of carbonyl (C=O) groups is 4. The number of aliphatic hydroxyl groups is 1. The van der Waals surface area contributed by atoms with Gasteiger partial charge in [0.05, 0.1) is 11.1 Å². The molecular weight excluding hydrogens is 336 g/mol. The Hall–Kier alpha value is -2.50. The molecule has 0 bridgehead atoms. The van der Waals surface area contributed by atoms with Gasteiger partial charge in [-0.15, -0.1) is 0 Å². The summed E-state index contributed by atoms with van der Waals surface area (Å²) >= 11 is 0. The van der Waals surface area contributed by atoms with Crippen LogP contribution < -0.4 is 0 Å². The predicted molar refractivity (Wildman–Crippen MR) is 90.0 cm³/mol. The number of fused-ring (bicyclic) bond motifs is 2. The van der Waals surface area contributed by atoms with Gasteiger partial charge in [0.2, 0.25) is 11.6 Å². The molecule has 2 unspecified atom stereocenters. The molecule has 0 aromatic carbocycles. The molecule has 6 nitrogen and oxygen atoms in total. The van der Waals surface area contributed by atoms with E-state index in [0.717, 1.165) is 0 Å². The van der Waals surface area contributed by atoms with E-state index in [1.54, 1.807) is 27.7 Å². The van der Waals surface area contributed by atoms with Crippen molar-refractivity contribution in [2.75, 3.05) is 0 Å². The number of ether oxygens (including phenoxy) is 1. The SMILES string of the molecule is CC1CC2=C(O1)C(=O)C1=C(C(=O)C(O)=C3C(C)(C)C(=O)CCC13C)C2=O. The highest BCUT2D eigenvalue weighted by molar-refractivity contribution is 6.39. The Labute approximate surface area is 150 Å². The highest BCUT2D eigenvalue weighted by atomic mass is 16.5. The molecular formula is C20H20O6. The van der Waals surface area contributed by atoms with Crippen molar-refractivity contribution in [3.63, 3.8) is 0 Å². The molecule has 26 heavy (non-hydrogen) atoms. The molecule has 0 aromatic heterocycles. The van der Waals surface area contributed by atoms with Crippen molar-refractivity contribution < 1.29 is 29.0 Å². The molecule has 1 heterocycles. The maximum absolute atomic E-state index is 13.2. The van der Waals surface area contributed by atoms with E-state index in [1.807, 2.05) is 0 Å². The molecule has 6 heteroatoms. The van der Waals surface area contributed by atoms with Gasteiger partial charge in [0.25, 0.3) is 0 Å². The molecule has 0 amide bonds. The maximum Gasteiger partial charge on any atom is 0.231 e. The number of rotatable bonds is 0. The lowest BCUT2D eigenvalue weighted by molar-refractivity contribution is -0.130. The number of Topliss-reactive ketones (excluding diaryl/α,β-unsaturated/α-hetero) is 4. The van der Waals surface area contributed by atoms with Crippen LogP contribution in [0.3, 0.4) is 0 Å². The molecule has 1 saturated carbocycles. The summed E-state index contributed by atoms with van der Waals surface area (Å²) in [4.78, 5) is 51.5. The second kappa shape index (κ2) is 4.81. The molecule has 1 aliphatic heterocycles. The first-order valence-corrected chi connectivity index (χ1v) is 8.78. The second-order valence-corrected chi connectivity index (χ2v) is 8.28. The smallest absolute Gasteiger partial charge is 0.231 e. The minimum Gasteiger partial charge on any atom is -0.504 e. The van der Waals surface area contributed by atoms with Gasteiger partial charge in [-0.1, -0.05) is 6.92 Å². The number of aliphatic hydroxyl groups excluding tert-OH is 1. The van der Waals surface area contributed by atoms with Gasteiger partial charge in [-0.2, -0.15) is 0 Å². The van der Waals surface area contributed by atoms with Gasteiger partial charge in [-0.25, -0.2) is 0 Å². The summed E-state index contributed by atoms with van der Waals surface area (Å²) in [6.07, 6.45) is 0.415. The standard InChI is InChI=1S/C20H20O6/c1-8-7-9-13(22)11-12(15(24)17(9)26-8)20(4)6-5-10(21)19(2,3)18(20)16(25)14(11)23/h8,25H,5-7H2,1-4H3. The Bertz CT molecular complexity index is 926. The number of hydrogen-bond donors (Lipinski definition) is 1. The van der Waals surface area contributed by atoms with E-state index >= 15 is 0 Å². The number of carbonyl (C=O) groups excluding carboxylic acids is 4. The van der Waals surface area contributed by atoms with Crippen LogP contribution >= 0.6 is 0 Å². The van der Waals surface area contributed by atoms with Crippen molar-refractivity contribution in [2.24, 2.45) is 10.8 Å².